The van der Waals surface area contributed by atoms with Crippen LogP contribution < -0.4 is 5.73 Å². The summed E-state index contributed by atoms with van der Waals surface area (Å²) < 4.78 is 33.3. The monoisotopic (exact) mass is 1430 g/mol. The highest BCUT2D eigenvalue weighted by Gasteiger charge is 2.26. The first kappa shape index (κ1) is 97.4. The third-order valence-electron chi connectivity index (χ3n) is 18.8. The van der Waals surface area contributed by atoms with Crippen molar-refractivity contribution in [1.82, 2.24) is 0 Å². The Bertz CT molecular complexity index is 2080. The number of phosphoric acid groups is 1. The van der Waals surface area contributed by atoms with Crippen LogP contribution >= 0.6 is 7.82 Å². The summed E-state index contributed by atoms with van der Waals surface area (Å²) in [4.78, 5) is 35.5. The molecule has 9 nitrogen and oxygen atoms in total. The number of ether oxygens (including phenoxy) is 2. The van der Waals surface area contributed by atoms with Crippen LogP contribution in [-0.2, 0) is 32.7 Å². The Balaban J connectivity index is 3.79. The van der Waals surface area contributed by atoms with Gasteiger partial charge in [-0.15, -0.1) is 0 Å². The lowest BCUT2D eigenvalue weighted by atomic mass is 10.0. The number of unbranched alkanes of at least 4 members (excludes halogenated alkanes) is 48. The van der Waals surface area contributed by atoms with Crippen LogP contribution in [0.1, 0.15) is 412 Å². The molecule has 10 heteroatoms. The molecule has 3 N–H and O–H groups in total. The molecule has 0 radical (unpaired) electrons. The maximum Gasteiger partial charge on any atom is 0.472 e. The van der Waals surface area contributed by atoms with Crippen LogP contribution in [0.25, 0.3) is 0 Å². The highest BCUT2D eigenvalue weighted by atomic mass is 31.2. The zero-order valence-electron chi connectivity index (χ0n) is 66.1. The lowest BCUT2D eigenvalue weighted by molar-refractivity contribution is -0.161. The molecule has 2 unspecified atom stereocenters. The molecule has 0 aliphatic heterocycles. The fourth-order valence-corrected chi connectivity index (χ4v) is 13.3. The summed E-state index contributed by atoms with van der Waals surface area (Å²) >= 11 is 0. The Morgan fingerprint density at radius 1 is 0.307 bits per heavy atom. The Labute approximate surface area is 625 Å². The van der Waals surface area contributed by atoms with Gasteiger partial charge in [-0.2, -0.15) is 0 Å². The summed E-state index contributed by atoms with van der Waals surface area (Å²) in [6, 6.07) is 0. The van der Waals surface area contributed by atoms with Crippen LogP contribution in [0.5, 0.6) is 0 Å². The van der Waals surface area contributed by atoms with Crippen molar-refractivity contribution >= 4 is 19.8 Å². The quantitative estimate of drug-likeness (QED) is 0.0264. The van der Waals surface area contributed by atoms with Crippen LogP contribution in [0.4, 0.5) is 0 Å². The normalized spacial score (nSPS) is 13.4. The van der Waals surface area contributed by atoms with E-state index in [-0.39, 0.29) is 38.6 Å². The second-order valence-electron chi connectivity index (χ2n) is 28.7. The van der Waals surface area contributed by atoms with Gasteiger partial charge in [0.1, 0.15) is 6.61 Å². The van der Waals surface area contributed by atoms with E-state index in [1.165, 1.54) is 283 Å². The minimum Gasteiger partial charge on any atom is -0.462 e. The molecular weight excluding hydrogens is 1270 g/mol. The standard InChI is InChI=1S/C91H162NO8P/c1-3-5-7-9-11-13-15-17-19-21-23-25-27-29-31-33-35-37-39-41-43-44-46-48-50-52-54-56-58-60-62-64-66-68-70-72-74-76-78-80-82-84-91(94)100-89(88-99-101(95,96)98-86-85-92)87-97-90(93)83-81-79-77-75-73-71-69-67-65-63-61-59-57-55-53-51-49-47-45-42-40-38-36-34-32-30-28-26-24-22-20-18-16-14-12-10-8-6-4-2/h5,7,11,13,17,19,22-25,29,31,35,37,41,43,46,48,52,54,89H,3-4,6,8-10,12,14-16,18,20-21,26-28,30,32-34,36,38-40,42,44-45,47,49-51,53,55-88,92H2,1-2H3,(H,95,96)/b7-5-,13-11-,19-17-,24-22-,25-23-,31-29-,37-35-,43-41-,48-46-,54-52-. The molecule has 0 aromatic carbocycles. The first-order valence-electron chi connectivity index (χ1n) is 43.0. The van der Waals surface area contributed by atoms with Gasteiger partial charge in [0.15, 0.2) is 6.10 Å². The van der Waals surface area contributed by atoms with Gasteiger partial charge in [-0.05, 0) is 109 Å². The molecule has 101 heavy (non-hydrogen) atoms. The van der Waals surface area contributed by atoms with E-state index in [4.69, 9.17) is 24.3 Å². The van der Waals surface area contributed by atoms with Gasteiger partial charge in [0.2, 0.25) is 0 Å². The number of hydrogen-bond acceptors (Lipinski definition) is 8. The van der Waals surface area contributed by atoms with Gasteiger partial charge in [0.05, 0.1) is 13.2 Å². The van der Waals surface area contributed by atoms with Gasteiger partial charge in [-0.1, -0.05) is 411 Å². The highest BCUT2D eigenvalue weighted by Crippen LogP contribution is 2.43. The summed E-state index contributed by atoms with van der Waals surface area (Å²) in [5.74, 6) is -0.815. The highest BCUT2D eigenvalue weighted by molar-refractivity contribution is 7.47. The molecule has 0 saturated carbocycles. The molecule has 0 aromatic rings. The second kappa shape index (κ2) is 85.3. The van der Waals surface area contributed by atoms with Gasteiger partial charge < -0.3 is 20.1 Å². The van der Waals surface area contributed by atoms with E-state index in [9.17, 15) is 19.0 Å². The van der Waals surface area contributed by atoms with E-state index in [1.54, 1.807) is 0 Å². The fraction of sp³-hybridized carbons (Fsp3) is 0.758. The predicted octanol–water partition coefficient (Wildman–Crippen LogP) is 29.3. The summed E-state index contributed by atoms with van der Waals surface area (Å²) in [6.45, 7) is 3.68. The number of hydrogen-bond donors (Lipinski definition) is 2. The van der Waals surface area contributed by atoms with Crippen molar-refractivity contribution in [3.8, 4) is 0 Å². The third kappa shape index (κ3) is 85.2. The van der Waals surface area contributed by atoms with Crippen LogP contribution in [0.2, 0.25) is 0 Å². The Hall–Kier alpha value is -3.59. The van der Waals surface area contributed by atoms with Crippen LogP contribution in [0.3, 0.4) is 0 Å². The minimum absolute atomic E-state index is 0.0511. The largest absolute Gasteiger partial charge is 0.472 e. The van der Waals surface area contributed by atoms with Crippen LogP contribution in [0.15, 0.2) is 122 Å². The first-order valence-corrected chi connectivity index (χ1v) is 44.5. The van der Waals surface area contributed by atoms with Crippen molar-refractivity contribution in [2.24, 2.45) is 5.73 Å². The van der Waals surface area contributed by atoms with Crippen LogP contribution in [0, 0.1) is 0 Å². The summed E-state index contributed by atoms with van der Waals surface area (Å²) in [5, 5.41) is 0. The van der Waals surface area contributed by atoms with Crippen molar-refractivity contribution in [1.29, 1.82) is 0 Å². The zero-order chi connectivity index (χ0) is 72.9. The smallest absolute Gasteiger partial charge is 0.462 e. The van der Waals surface area contributed by atoms with Gasteiger partial charge in [-0.25, -0.2) is 4.57 Å². The van der Waals surface area contributed by atoms with E-state index in [0.29, 0.717) is 6.42 Å². The minimum atomic E-state index is -4.40. The summed E-state index contributed by atoms with van der Waals surface area (Å²) in [7, 11) is -4.40. The molecule has 0 aromatic heterocycles. The topological polar surface area (TPSA) is 134 Å². The predicted molar refractivity (Wildman–Crippen MR) is 441 cm³/mol. The van der Waals surface area contributed by atoms with Crippen molar-refractivity contribution in [3.05, 3.63) is 122 Å². The number of allylic oxidation sites excluding steroid dienone is 20. The van der Waals surface area contributed by atoms with Gasteiger partial charge in [0, 0.05) is 19.4 Å². The molecule has 0 spiro atoms. The fourth-order valence-electron chi connectivity index (χ4n) is 12.5. The summed E-state index contributed by atoms with van der Waals surface area (Å²) in [5.41, 5.74) is 5.42. The number of rotatable bonds is 81. The van der Waals surface area contributed by atoms with Gasteiger partial charge >= 0.3 is 19.8 Å². The van der Waals surface area contributed by atoms with Crippen LogP contribution in [-0.4, -0.2) is 49.3 Å². The lowest BCUT2D eigenvalue weighted by Crippen LogP contribution is -2.29. The lowest BCUT2D eigenvalue weighted by Gasteiger charge is -2.19. The maximum atomic E-state index is 12.8. The van der Waals surface area contributed by atoms with Crippen molar-refractivity contribution in [3.63, 3.8) is 0 Å². The van der Waals surface area contributed by atoms with Gasteiger partial charge in [0.25, 0.3) is 0 Å². The third-order valence-corrected chi connectivity index (χ3v) is 19.8. The Kier molecular flexibility index (Phi) is 82.3. The molecular formula is C91H162NO8P. The molecule has 0 heterocycles. The number of nitrogens with two attached hydrogens (primary N) is 1. The summed E-state index contributed by atoms with van der Waals surface area (Å²) in [6.07, 6.45) is 121. The number of phosphoric ester groups is 1. The average Bonchev–Trinajstić information content (AvgIpc) is 1.04. The molecule has 584 valence electrons. The zero-order valence-corrected chi connectivity index (χ0v) is 67.0. The van der Waals surface area contributed by atoms with E-state index in [2.05, 4.69) is 135 Å². The molecule has 0 aliphatic rings. The molecule has 0 saturated heterocycles. The molecule has 0 aliphatic carbocycles. The number of carbonyl (C=O) groups is 2. The maximum absolute atomic E-state index is 12.8. The van der Waals surface area contributed by atoms with Crippen molar-refractivity contribution in [2.75, 3.05) is 26.4 Å². The Morgan fingerprint density at radius 3 is 0.822 bits per heavy atom. The second-order valence-corrected chi connectivity index (χ2v) is 30.1. The van der Waals surface area contributed by atoms with Crippen molar-refractivity contribution in [2.45, 2.75) is 418 Å². The van der Waals surface area contributed by atoms with E-state index in [0.717, 1.165) is 96.3 Å². The first-order chi connectivity index (χ1) is 49.8. The van der Waals surface area contributed by atoms with Crippen molar-refractivity contribution < 1.29 is 37.6 Å². The average molecular weight is 1430 g/mol. The molecule has 0 amide bonds. The molecule has 0 fully saturated rings. The molecule has 0 bridgehead atoms. The van der Waals surface area contributed by atoms with E-state index in [1.807, 2.05) is 0 Å². The number of esters is 2. The molecule has 0 rings (SSSR count). The van der Waals surface area contributed by atoms with Gasteiger partial charge in [-0.3, -0.25) is 18.6 Å². The SMILES string of the molecule is CC/C=C\C/C=C\C/C=C\C/C=C\C/C=C\C/C=C\C/C=C\C/C=C\C/C=C\CCCCCCCCCCCCCCCC(=O)OC(COC(=O)CCCCCCCCCCCCCCCCCCCCCCCCCCCCC/C=C\CCCCCCCCCC)COP(=O)(O)OCCN. The Morgan fingerprint density at radius 2 is 0.545 bits per heavy atom. The van der Waals surface area contributed by atoms with E-state index < -0.39 is 26.5 Å². The molecule has 2 atom stereocenters. The van der Waals surface area contributed by atoms with E-state index >= 15 is 0 Å². The number of carbonyl (C=O) groups excluding carboxylic acids is 2.